The maximum atomic E-state index is 14.7. The van der Waals surface area contributed by atoms with Gasteiger partial charge in [0.1, 0.15) is 18.5 Å². The van der Waals surface area contributed by atoms with Crippen molar-refractivity contribution in [2.24, 2.45) is 0 Å². The van der Waals surface area contributed by atoms with Crippen molar-refractivity contribution in [1.82, 2.24) is 25.2 Å². The average molecular weight is 670 g/mol. The van der Waals surface area contributed by atoms with Crippen LogP contribution in [0.4, 0.5) is 42.4 Å². The largest absolute Gasteiger partial charge is 0.423 e. The van der Waals surface area contributed by atoms with Gasteiger partial charge in [-0.3, -0.25) is 14.4 Å². The fourth-order valence-corrected chi connectivity index (χ4v) is 4.79. The number of carbonyl (C=O) groups excluding carboxylic acids is 1. The van der Waals surface area contributed by atoms with Crippen molar-refractivity contribution >= 4 is 25.6 Å². The van der Waals surface area contributed by atoms with Gasteiger partial charge < -0.3 is 15.0 Å². The quantitative estimate of drug-likeness (QED) is 0.111. The predicted octanol–water partition coefficient (Wildman–Crippen LogP) is 4.41. The maximum absolute atomic E-state index is 14.7. The molecule has 0 aromatic carbocycles. The molecule has 250 valence electrons. The summed E-state index contributed by atoms with van der Waals surface area (Å²) in [6.45, 7) is 7.08. The molecule has 1 amide bonds. The molecule has 0 spiro atoms. The summed E-state index contributed by atoms with van der Waals surface area (Å²) in [4.78, 5) is 38.5. The zero-order valence-corrected chi connectivity index (χ0v) is 25.9. The van der Waals surface area contributed by atoms with Crippen LogP contribution in [0.25, 0.3) is 0 Å². The molecule has 45 heavy (non-hydrogen) atoms. The van der Waals surface area contributed by atoms with Crippen LogP contribution in [0.5, 0.6) is 0 Å². The number of nitrogens with one attached hydrogen (secondary N) is 2. The lowest BCUT2D eigenvalue weighted by Crippen LogP contribution is -2.39. The highest BCUT2D eigenvalue weighted by Gasteiger charge is 2.38. The normalized spacial score (nSPS) is 17.8. The first-order valence-electron chi connectivity index (χ1n) is 13.8. The number of piperidine rings is 1. The van der Waals surface area contributed by atoms with Gasteiger partial charge in [0.25, 0.3) is 11.5 Å². The molecule has 2 unspecified atom stereocenters. The molecule has 0 aliphatic carbocycles. The van der Waals surface area contributed by atoms with Crippen LogP contribution in [0.2, 0.25) is 25.7 Å². The zero-order valence-electron chi connectivity index (χ0n) is 24.9. The van der Waals surface area contributed by atoms with E-state index < -0.39 is 67.7 Å². The molecule has 2 atom stereocenters. The maximum Gasteiger partial charge on any atom is 0.423 e. The lowest BCUT2D eigenvalue weighted by atomic mass is 10.0. The molecule has 0 saturated carbocycles. The van der Waals surface area contributed by atoms with E-state index in [2.05, 4.69) is 45.5 Å². The van der Waals surface area contributed by atoms with Crippen LogP contribution >= 0.6 is 0 Å². The second kappa shape index (κ2) is 14.7. The Morgan fingerprint density at radius 2 is 1.80 bits per heavy atom. The second-order valence-electron chi connectivity index (χ2n) is 11.6. The van der Waals surface area contributed by atoms with Gasteiger partial charge in [-0.1, -0.05) is 19.6 Å². The van der Waals surface area contributed by atoms with E-state index in [-0.39, 0.29) is 44.2 Å². The molecule has 19 heteroatoms. The Labute approximate surface area is 254 Å². The number of carbonyl (C=O) groups is 1. The van der Waals surface area contributed by atoms with Gasteiger partial charge in [0, 0.05) is 45.7 Å². The number of anilines is 2. The molecule has 3 heterocycles. The number of alkyl halides is 7. The minimum atomic E-state index is -5.00. The van der Waals surface area contributed by atoms with E-state index in [4.69, 9.17) is 9.57 Å². The molecule has 0 bridgehead atoms. The Balaban J connectivity index is 1.52. The summed E-state index contributed by atoms with van der Waals surface area (Å²) in [6, 6.07) is -0.0857. The third kappa shape index (κ3) is 10.8. The van der Waals surface area contributed by atoms with Crippen LogP contribution in [-0.4, -0.2) is 72.2 Å². The number of amides is 1. The third-order valence-corrected chi connectivity index (χ3v) is 8.17. The first-order chi connectivity index (χ1) is 20.8. The highest BCUT2D eigenvalue weighted by atomic mass is 28.3. The number of ether oxygens (including phenoxy) is 1. The number of rotatable bonds is 12. The Bertz CT molecular complexity index is 1400. The molecule has 11 nitrogen and oxygen atoms in total. The highest BCUT2D eigenvalue weighted by molar-refractivity contribution is 6.76. The molecule has 1 aliphatic heterocycles. The minimum absolute atomic E-state index is 0.0407. The molecular weight excluding hydrogens is 635 g/mol. The van der Waals surface area contributed by atoms with Crippen molar-refractivity contribution in [3.05, 3.63) is 51.7 Å². The van der Waals surface area contributed by atoms with E-state index in [0.717, 1.165) is 18.3 Å². The summed E-state index contributed by atoms with van der Waals surface area (Å²) in [5.41, 5.74) is -2.33. The Kier molecular flexibility index (Phi) is 11.7. The van der Waals surface area contributed by atoms with Crippen molar-refractivity contribution in [1.29, 1.82) is 0 Å². The summed E-state index contributed by atoms with van der Waals surface area (Å²) in [5, 5.41) is 6.28. The van der Waals surface area contributed by atoms with Gasteiger partial charge in [-0.05, 0) is 25.0 Å². The molecule has 1 fully saturated rings. The number of hydrogen-bond donors (Lipinski definition) is 2. The lowest BCUT2D eigenvalue weighted by molar-refractivity contribution is -0.139. The van der Waals surface area contributed by atoms with Crippen LogP contribution in [0.3, 0.4) is 0 Å². The summed E-state index contributed by atoms with van der Waals surface area (Å²) in [6.07, 6.45) is -8.21. The molecule has 3 rings (SSSR count). The van der Waals surface area contributed by atoms with E-state index in [1.807, 2.05) is 0 Å². The van der Waals surface area contributed by atoms with Crippen molar-refractivity contribution in [3.63, 3.8) is 0 Å². The van der Waals surface area contributed by atoms with E-state index in [9.17, 15) is 40.3 Å². The van der Waals surface area contributed by atoms with Crippen LogP contribution in [0, 0.1) is 0 Å². The highest BCUT2D eigenvalue weighted by Crippen LogP contribution is 2.32. The van der Waals surface area contributed by atoms with Gasteiger partial charge in [-0.15, -0.1) is 0 Å². The Morgan fingerprint density at radius 3 is 2.38 bits per heavy atom. The third-order valence-electron chi connectivity index (χ3n) is 6.46. The Hall–Kier alpha value is -3.58. The van der Waals surface area contributed by atoms with Crippen LogP contribution < -0.4 is 21.3 Å². The second-order valence-corrected chi connectivity index (χ2v) is 17.2. The number of hydroxylamine groups is 1. The molecule has 1 saturated heterocycles. The SMILES string of the molecule is CC(CONC(=O)C=C1CCN(c2ncc(C(F)(F)F)cn2)CC1F)Nc1cnn(COCC[Si](C)(C)C)c(=O)c1C(F)(F)F. The summed E-state index contributed by atoms with van der Waals surface area (Å²) >= 11 is 0. The van der Waals surface area contributed by atoms with Crippen LogP contribution in [-0.2, 0) is 33.5 Å². The number of halogens is 7. The Morgan fingerprint density at radius 1 is 1.13 bits per heavy atom. The van der Waals surface area contributed by atoms with E-state index in [1.54, 1.807) is 0 Å². The first-order valence-corrected chi connectivity index (χ1v) is 17.5. The van der Waals surface area contributed by atoms with Crippen molar-refractivity contribution in [3.8, 4) is 0 Å². The molecule has 1 aliphatic rings. The van der Waals surface area contributed by atoms with Crippen molar-refractivity contribution in [2.45, 2.75) is 70.3 Å². The molecule has 2 aromatic rings. The molecule has 2 aromatic heterocycles. The summed E-state index contributed by atoms with van der Waals surface area (Å²) in [5.74, 6) is -0.931. The monoisotopic (exact) mass is 669 g/mol. The standard InChI is InChI=1S/C26H34F7N7O4Si/c1-16(37-20-12-36-40(15-43-7-8-45(2,3)4)23(42)22(20)26(31,32)33)14-44-38-21(41)9-17-5-6-39(13-19(17)27)24-34-10-18(11-35-24)25(28,29)30/h9-12,16,19,37H,5-8,13-15H2,1-4H3,(H,38,41). The van der Waals surface area contributed by atoms with E-state index in [1.165, 1.54) is 11.8 Å². The van der Waals surface area contributed by atoms with Crippen LogP contribution in [0.1, 0.15) is 24.5 Å². The van der Waals surface area contributed by atoms with Crippen molar-refractivity contribution in [2.75, 3.05) is 36.5 Å². The first kappa shape index (κ1) is 35.9. The fraction of sp³-hybridized carbons (Fsp3) is 0.577. The molecular formula is C26H34F7N7O4Si. The lowest BCUT2D eigenvalue weighted by Gasteiger charge is -2.30. The van der Waals surface area contributed by atoms with E-state index in [0.29, 0.717) is 17.1 Å². The minimum Gasteiger partial charge on any atom is -0.378 e. The molecule has 2 N–H and O–H groups in total. The average Bonchev–Trinajstić information content (AvgIpc) is 2.91. The van der Waals surface area contributed by atoms with E-state index >= 15 is 0 Å². The number of hydrogen-bond acceptors (Lipinski definition) is 9. The zero-order chi connectivity index (χ0) is 33.6. The van der Waals surface area contributed by atoms with Gasteiger partial charge in [-0.25, -0.2) is 24.5 Å². The number of aromatic nitrogens is 4. The van der Waals surface area contributed by atoms with Gasteiger partial charge >= 0.3 is 12.4 Å². The van der Waals surface area contributed by atoms with Gasteiger partial charge in [0.05, 0.1) is 30.6 Å². The summed E-state index contributed by atoms with van der Waals surface area (Å²) in [7, 11) is -1.44. The predicted molar refractivity (Wildman–Crippen MR) is 152 cm³/mol. The fourth-order valence-electron chi connectivity index (χ4n) is 4.03. The van der Waals surface area contributed by atoms with Crippen LogP contribution in [0.15, 0.2) is 35.0 Å². The topological polar surface area (TPSA) is 124 Å². The smallest absolute Gasteiger partial charge is 0.378 e. The van der Waals surface area contributed by atoms with Gasteiger partial charge in [0.15, 0.2) is 0 Å². The summed E-state index contributed by atoms with van der Waals surface area (Å²) < 4.78 is 100. The number of nitrogens with zero attached hydrogens (tertiary/aromatic N) is 5. The van der Waals surface area contributed by atoms with Crippen molar-refractivity contribution < 1.29 is 45.1 Å². The van der Waals surface area contributed by atoms with Gasteiger partial charge in [0.2, 0.25) is 5.95 Å². The van der Waals surface area contributed by atoms with Gasteiger partial charge in [-0.2, -0.15) is 31.4 Å². The molecule has 0 radical (unpaired) electrons.